The Bertz CT molecular complexity index is 700. The first-order chi connectivity index (χ1) is 10.3. The van der Waals surface area contributed by atoms with Crippen LogP contribution in [0.2, 0.25) is 0 Å². The van der Waals surface area contributed by atoms with Crippen molar-refractivity contribution in [1.82, 2.24) is 4.90 Å². The van der Waals surface area contributed by atoms with Crippen LogP contribution in [0.4, 0.5) is 0 Å². The molecule has 1 aliphatic carbocycles. The first-order valence-electron chi connectivity index (χ1n) is 7.45. The standard InChI is InChI=1S/C18H19NO3/c1-18(2)9-12-15(13(20)10-18)16(21)14(17(22)19(12)3)11-7-5-4-6-8-11/h4-8,14H,9-10H2,1-3H3. The summed E-state index contributed by atoms with van der Waals surface area (Å²) in [6, 6.07) is 8.95. The zero-order valence-electron chi connectivity index (χ0n) is 13.1. The van der Waals surface area contributed by atoms with Gasteiger partial charge in [0.15, 0.2) is 11.6 Å². The van der Waals surface area contributed by atoms with Gasteiger partial charge in [-0.1, -0.05) is 44.2 Å². The van der Waals surface area contributed by atoms with Gasteiger partial charge in [-0.15, -0.1) is 0 Å². The van der Waals surface area contributed by atoms with Crippen molar-refractivity contribution < 1.29 is 14.4 Å². The molecule has 0 N–H and O–H groups in total. The number of amides is 1. The molecule has 1 unspecified atom stereocenters. The molecule has 1 aromatic carbocycles. The van der Waals surface area contributed by atoms with Crippen molar-refractivity contribution in [3.63, 3.8) is 0 Å². The van der Waals surface area contributed by atoms with Crippen LogP contribution < -0.4 is 0 Å². The number of benzene rings is 1. The fraction of sp³-hybridized carbons (Fsp3) is 0.389. The Hall–Kier alpha value is -2.23. The van der Waals surface area contributed by atoms with Crippen LogP contribution in [0, 0.1) is 5.41 Å². The monoisotopic (exact) mass is 297 g/mol. The highest BCUT2D eigenvalue weighted by Gasteiger charge is 2.47. The van der Waals surface area contributed by atoms with Crippen LogP contribution in [0.1, 0.15) is 38.2 Å². The van der Waals surface area contributed by atoms with Crippen molar-refractivity contribution in [3.8, 4) is 0 Å². The van der Waals surface area contributed by atoms with Gasteiger partial charge in [-0.3, -0.25) is 14.4 Å². The molecular weight excluding hydrogens is 278 g/mol. The number of hydrogen-bond acceptors (Lipinski definition) is 3. The smallest absolute Gasteiger partial charge is 0.241 e. The molecule has 2 aliphatic rings. The van der Waals surface area contributed by atoms with Crippen LogP contribution >= 0.6 is 0 Å². The molecule has 1 aliphatic heterocycles. The number of likely N-dealkylation sites (N-methyl/N-ethyl adjacent to an activating group) is 1. The minimum atomic E-state index is -0.893. The summed E-state index contributed by atoms with van der Waals surface area (Å²) in [5.74, 6) is -1.63. The molecule has 1 aromatic rings. The first kappa shape index (κ1) is 14.7. The molecule has 3 rings (SSSR count). The van der Waals surface area contributed by atoms with Crippen molar-refractivity contribution in [2.45, 2.75) is 32.6 Å². The Balaban J connectivity index is 2.12. The lowest BCUT2D eigenvalue weighted by atomic mass is 9.71. The summed E-state index contributed by atoms with van der Waals surface area (Å²) in [4.78, 5) is 39.5. The largest absolute Gasteiger partial charge is 0.317 e. The molecular formula is C18H19NO3. The molecule has 0 radical (unpaired) electrons. The Morgan fingerprint density at radius 2 is 1.68 bits per heavy atom. The van der Waals surface area contributed by atoms with Gasteiger partial charge in [0.2, 0.25) is 5.91 Å². The van der Waals surface area contributed by atoms with Gasteiger partial charge in [0, 0.05) is 19.2 Å². The summed E-state index contributed by atoms with van der Waals surface area (Å²) in [6.07, 6.45) is 0.921. The minimum absolute atomic E-state index is 0.142. The van der Waals surface area contributed by atoms with E-state index in [-0.39, 0.29) is 28.5 Å². The van der Waals surface area contributed by atoms with Gasteiger partial charge in [-0.2, -0.15) is 0 Å². The van der Waals surface area contributed by atoms with E-state index in [9.17, 15) is 14.4 Å². The number of carbonyl (C=O) groups excluding carboxylic acids is 3. The third kappa shape index (κ3) is 2.19. The Labute approximate surface area is 129 Å². The first-order valence-corrected chi connectivity index (χ1v) is 7.45. The van der Waals surface area contributed by atoms with Crippen LogP contribution in [0.5, 0.6) is 0 Å². The summed E-state index contributed by atoms with van der Waals surface area (Å²) in [6.45, 7) is 3.97. The molecule has 4 heteroatoms. The lowest BCUT2D eigenvalue weighted by Crippen LogP contribution is -2.46. The molecule has 1 amide bonds. The molecule has 1 heterocycles. The number of ketones is 2. The predicted molar refractivity (Wildman–Crippen MR) is 82.0 cm³/mol. The zero-order valence-corrected chi connectivity index (χ0v) is 13.1. The summed E-state index contributed by atoms with van der Waals surface area (Å²) in [7, 11) is 1.66. The van der Waals surface area contributed by atoms with E-state index >= 15 is 0 Å². The topological polar surface area (TPSA) is 54.5 Å². The average molecular weight is 297 g/mol. The van der Waals surface area contributed by atoms with Gasteiger partial charge in [0.25, 0.3) is 0 Å². The third-order valence-electron chi connectivity index (χ3n) is 4.48. The second-order valence-corrected chi connectivity index (χ2v) is 6.87. The minimum Gasteiger partial charge on any atom is -0.317 e. The SMILES string of the molecule is CN1C(=O)C(c2ccccc2)C(=O)C2=C1CC(C)(C)CC2=O. The Morgan fingerprint density at radius 3 is 2.32 bits per heavy atom. The van der Waals surface area contributed by atoms with Crippen LogP contribution in [0.3, 0.4) is 0 Å². The fourth-order valence-electron chi connectivity index (χ4n) is 3.38. The molecule has 0 fully saturated rings. The van der Waals surface area contributed by atoms with E-state index in [1.54, 1.807) is 31.3 Å². The lowest BCUT2D eigenvalue weighted by molar-refractivity contribution is -0.137. The van der Waals surface area contributed by atoms with Gasteiger partial charge in [-0.25, -0.2) is 0 Å². The molecule has 0 spiro atoms. The normalized spacial score (nSPS) is 24.6. The van der Waals surface area contributed by atoms with E-state index in [0.29, 0.717) is 24.1 Å². The number of allylic oxidation sites excluding steroid dienone is 2. The highest BCUT2D eigenvalue weighted by atomic mass is 16.2. The van der Waals surface area contributed by atoms with E-state index in [4.69, 9.17) is 0 Å². The van der Waals surface area contributed by atoms with Crippen LogP contribution in [-0.4, -0.2) is 29.4 Å². The third-order valence-corrected chi connectivity index (χ3v) is 4.48. The van der Waals surface area contributed by atoms with Crippen LogP contribution in [0.25, 0.3) is 0 Å². The summed E-state index contributed by atoms with van der Waals surface area (Å²) < 4.78 is 0. The fourth-order valence-corrected chi connectivity index (χ4v) is 3.38. The van der Waals surface area contributed by atoms with E-state index in [1.807, 2.05) is 19.9 Å². The predicted octanol–water partition coefficient (Wildman–Crippen LogP) is 2.45. The Morgan fingerprint density at radius 1 is 1.05 bits per heavy atom. The van der Waals surface area contributed by atoms with Crippen molar-refractivity contribution in [2.75, 3.05) is 7.05 Å². The molecule has 4 nitrogen and oxygen atoms in total. The molecule has 0 bridgehead atoms. The van der Waals surface area contributed by atoms with Gasteiger partial charge in [-0.05, 0) is 17.4 Å². The number of Topliss-reactive ketones (excluding diaryl/α,β-unsaturated/α-hetero) is 2. The van der Waals surface area contributed by atoms with Crippen molar-refractivity contribution >= 4 is 17.5 Å². The second-order valence-electron chi connectivity index (χ2n) is 6.87. The van der Waals surface area contributed by atoms with E-state index in [2.05, 4.69) is 0 Å². The maximum Gasteiger partial charge on any atom is 0.241 e. The van der Waals surface area contributed by atoms with Gasteiger partial charge >= 0.3 is 0 Å². The quantitative estimate of drug-likeness (QED) is 0.591. The summed E-state index contributed by atoms with van der Waals surface area (Å²) >= 11 is 0. The highest BCUT2D eigenvalue weighted by Crippen LogP contribution is 2.42. The van der Waals surface area contributed by atoms with E-state index < -0.39 is 5.92 Å². The van der Waals surface area contributed by atoms with Crippen molar-refractivity contribution in [1.29, 1.82) is 0 Å². The van der Waals surface area contributed by atoms with Crippen molar-refractivity contribution in [2.24, 2.45) is 5.41 Å². The molecule has 1 atom stereocenters. The van der Waals surface area contributed by atoms with Gasteiger partial charge < -0.3 is 4.90 Å². The number of hydrogen-bond donors (Lipinski definition) is 0. The average Bonchev–Trinajstić information content (AvgIpc) is 2.44. The lowest BCUT2D eigenvalue weighted by Gasteiger charge is -2.40. The maximum atomic E-state index is 12.8. The molecule has 0 saturated heterocycles. The number of carbonyl (C=O) groups is 3. The van der Waals surface area contributed by atoms with Gasteiger partial charge in [0.1, 0.15) is 5.92 Å². The molecule has 22 heavy (non-hydrogen) atoms. The molecule has 0 saturated carbocycles. The van der Waals surface area contributed by atoms with Crippen LogP contribution in [0.15, 0.2) is 41.6 Å². The Kier molecular flexibility index (Phi) is 3.28. The van der Waals surface area contributed by atoms with Gasteiger partial charge in [0.05, 0.1) is 5.57 Å². The molecule has 114 valence electrons. The van der Waals surface area contributed by atoms with Crippen LogP contribution in [-0.2, 0) is 14.4 Å². The van der Waals surface area contributed by atoms with E-state index in [0.717, 1.165) is 0 Å². The second kappa shape index (κ2) is 4.90. The summed E-state index contributed by atoms with van der Waals surface area (Å²) in [5, 5.41) is 0. The summed E-state index contributed by atoms with van der Waals surface area (Å²) in [5.41, 5.74) is 1.25. The maximum absolute atomic E-state index is 12.8. The highest BCUT2D eigenvalue weighted by molar-refractivity contribution is 6.30. The van der Waals surface area contributed by atoms with Crippen molar-refractivity contribution in [3.05, 3.63) is 47.2 Å². The molecule has 0 aromatic heterocycles. The number of rotatable bonds is 1. The number of nitrogens with zero attached hydrogens (tertiary/aromatic N) is 1. The zero-order chi connectivity index (χ0) is 16.1. The van der Waals surface area contributed by atoms with E-state index in [1.165, 1.54) is 4.90 Å².